The van der Waals surface area contributed by atoms with E-state index in [0.29, 0.717) is 0 Å². The molecule has 0 aliphatic heterocycles. The number of thiophene rings is 1. The standard InChI is InChI=1S/C13H14N2S/c1-9(14)8-15-11-5-3-2-4-10(11)13-12(15)6-7-16-13/h2-7,9H,8,14H2,1H3/t9-/m0/s1. The summed E-state index contributed by atoms with van der Waals surface area (Å²) in [4.78, 5) is 0. The van der Waals surface area contributed by atoms with Gasteiger partial charge in [-0.1, -0.05) is 18.2 Å². The normalized spacial score (nSPS) is 13.6. The Kier molecular flexibility index (Phi) is 2.23. The van der Waals surface area contributed by atoms with Gasteiger partial charge in [-0.05, 0) is 24.4 Å². The van der Waals surface area contributed by atoms with Crippen LogP contribution in [0.2, 0.25) is 0 Å². The molecule has 0 saturated carbocycles. The minimum atomic E-state index is 0.180. The van der Waals surface area contributed by atoms with Crippen LogP contribution in [0.5, 0.6) is 0 Å². The molecule has 2 N–H and O–H groups in total. The van der Waals surface area contributed by atoms with E-state index in [2.05, 4.69) is 40.3 Å². The zero-order valence-corrected chi connectivity index (χ0v) is 10.00. The van der Waals surface area contributed by atoms with E-state index in [9.17, 15) is 0 Å². The Bertz CT molecular complexity index is 634. The molecule has 0 radical (unpaired) electrons. The van der Waals surface area contributed by atoms with Gasteiger partial charge in [-0.3, -0.25) is 0 Å². The lowest BCUT2D eigenvalue weighted by Gasteiger charge is -2.09. The summed E-state index contributed by atoms with van der Waals surface area (Å²) in [6.07, 6.45) is 0. The van der Waals surface area contributed by atoms with Crippen LogP contribution in [0.15, 0.2) is 35.7 Å². The molecule has 0 aliphatic rings. The van der Waals surface area contributed by atoms with Gasteiger partial charge >= 0.3 is 0 Å². The molecule has 0 spiro atoms. The molecule has 3 aromatic rings. The first-order chi connectivity index (χ1) is 7.77. The summed E-state index contributed by atoms with van der Waals surface area (Å²) in [5, 5.41) is 3.49. The first-order valence-corrected chi connectivity index (χ1v) is 6.35. The van der Waals surface area contributed by atoms with Crippen LogP contribution in [-0.4, -0.2) is 10.6 Å². The Balaban J connectivity index is 2.38. The van der Waals surface area contributed by atoms with Crippen molar-refractivity contribution >= 4 is 32.5 Å². The van der Waals surface area contributed by atoms with Crippen molar-refractivity contribution in [2.45, 2.75) is 19.5 Å². The van der Waals surface area contributed by atoms with Crippen LogP contribution in [-0.2, 0) is 6.54 Å². The van der Waals surface area contributed by atoms with Gasteiger partial charge in [0.2, 0.25) is 0 Å². The summed E-state index contributed by atoms with van der Waals surface area (Å²) in [5.74, 6) is 0. The van der Waals surface area contributed by atoms with Crippen molar-refractivity contribution in [2.75, 3.05) is 0 Å². The third-order valence-corrected chi connectivity index (χ3v) is 3.78. The molecule has 2 aromatic heterocycles. The van der Waals surface area contributed by atoms with Crippen molar-refractivity contribution in [1.82, 2.24) is 4.57 Å². The van der Waals surface area contributed by atoms with Gasteiger partial charge < -0.3 is 10.3 Å². The number of benzene rings is 1. The van der Waals surface area contributed by atoms with Crippen molar-refractivity contribution in [3.05, 3.63) is 35.7 Å². The molecule has 0 saturated heterocycles. The van der Waals surface area contributed by atoms with Crippen molar-refractivity contribution in [1.29, 1.82) is 0 Å². The number of nitrogens with zero attached hydrogens (tertiary/aromatic N) is 1. The van der Waals surface area contributed by atoms with Crippen LogP contribution < -0.4 is 5.73 Å². The van der Waals surface area contributed by atoms with Gasteiger partial charge in [0.1, 0.15) is 0 Å². The van der Waals surface area contributed by atoms with Gasteiger partial charge in [0.25, 0.3) is 0 Å². The van der Waals surface area contributed by atoms with E-state index in [-0.39, 0.29) is 6.04 Å². The maximum Gasteiger partial charge on any atom is 0.0601 e. The largest absolute Gasteiger partial charge is 0.338 e. The van der Waals surface area contributed by atoms with Gasteiger partial charge in [0, 0.05) is 23.5 Å². The molecule has 2 nitrogen and oxygen atoms in total. The summed E-state index contributed by atoms with van der Waals surface area (Å²) < 4.78 is 3.70. The molecule has 2 heterocycles. The smallest absolute Gasteiger partial charge is 0.0601 e. The molecule has 0 aliphatic carbocycles. The highest BCUT2D eigenvalue weighted by Gasteiger charge is 2.11. The molecule has 0 unspecified atom stereocenters. The Morgan fingerprint density at radius 1 is 1.25 bits per heavy atom. The average Bonchev–Trinajstić information content (AvgIpc) is 2.82. The SMILES string of the molecule is C[C@H](N)Cn1c2ccccc2c2sccc21. The number of fused-ring (bicyclic) bond motifs is 3. The lowest BCUT2D eigenvalue weighted by Crippen LogP contribution is -2.21. The molecular weight excluding hydrogens is 216 g/mol. The maximum atomic E-state index is 5.92. The molecule has 0 amide bonds. The zero-order chi connectivity index (χ0) is 11.1. The number of hydrogen-bond acceptors (Lipinski definition) is 2. The van der Waals surface area contributed by atoms with Crippen LogP contribution in [0.4, 0.5) is 0 Å². The Morgan fingerprint density at radius 3 is 2.88 bits per heavy atom. The van der Waals surface area contributed by atoms with Crippen LogP contribution in [0.3, 0.4) is 0 Å². The average molecular weight is 230 g/mol. The van der Waals surface area contributed by atoms with E-state index in [4.69, 9.17) is 5.73 Å². The van der Waals surface area contributed by atoms with E-state index in [1.807, 2.05) is 6.92 Å². The summed E-state index contributed by atoms with van der Waals surface area (Å²) in [5.41, 5.74) is 8.52. The lowest BCUT2D eigenvalue weighted by molar-refractivity contribution is 0.618. The number of para-hydroxylation sites is 1. The minimum Gasteiger partial charge on any atom is -0.338 e. The number of nitrogens with two attached hydrogens (primary N) is 1. The second-order valence-corrected chi connectivity index (χ2v) is 5.16. The van der Waals surface area contributed by atoms with Crippen LogP contribution in [0, 0.1) is 0 Å². The van der Waals surface area contributed by atoms with Crippen molar-refractivity contribution < 1.29 is 0 Å². The molecule has 0 fully saturated rings. The number of hydrogen-bond donors (Lipinski definition) is 1. The third kappa shape index (κ3) is 1.36. The highest BCUT2D eigenvalue weighted by Crippen LogP contribution is 2.32. The van der Waals surface area contributed by atoms with E-state index in [0.717, 1.165) is 6.54 Å². The van der Waals surface area contributed by atoms with E-state index < -0.39 is 0 Å². The fourth-order valence-electron chi connectivity index (χ4n) is 2.23. The van der Waals surface area contributed by atoms with E-state index in [1.165, 1.54) is 21.1 Å². The van der Waals surface area contributed by atoms with E-state index >= 15 is 0 Å². The van der Waals surface area contributed by atoms with Gasteiger partial charge in [0.15, 0.2) is 0 Å². The van der Waals surface area contributed by atoms with E-state index in [1.54, 1.807) is 11.3 Å². The second kappa shape index (κ2) is 3.61. The molecule has 0 bridgehead atoms. The Labute approximate surface area is 98.3 Å². The molecule has 3 rings (SSSR count). The first-order valence-electron chi connectivity index (χ1n) is 5.47. The van der Waals surface area contributed by atoms with Gasteiger partial charge in [0.05, 0.1) is 10.2 Å². The summed E-state index contributed by atoms with van der Waals surface area (Å²) in [7, 11) is 0. The van der Waals surface area contributed by atoms with Gasteiger partial charge in [-0.25, -0.2) is 0 Å². The molecule has 1 atom stereocenters. The highest BCUT2D eigenvalue weighted by molar-refractivity contribution is 7.18. The number of rotatable bonds is 2. The quantitative estimate of drug-likeness (QED) is 0.720. The summed E-state index contributed by atoms with van der Waals surface area (Å²) >= 11 is 1.80. The molecule has 16 heavy (non-hydrogen) atoms. The zero-order valence-electron chi connectivity index (χ0n) is 9.18. The van der Waals surface area contributed by atoms with Crippen molar-refractivity contribution in [3.8, 4) is 0 Å². The van der Waals surface area contributed by atoms with Crippen LogP contribution in [0.25, 0.3) is 21.1 Å². The second-order valence-electron chi connectivity index (χ2n) is 4.24. The molecule has 3 heteroatoms. The minimum absolute atomic E-state index is 0.180. The molecule has 82 valence electrons. The molecule has 1 aromatic carbocycles. The predicted octanol–water partition coefficient (Wildman–Crippen LogP) is 3.20. The first kappa shape index (κ1) is 9.87. The molecular formula is C13H14N2S. The van der Waals surface area contributed by atoms with Crippen LogP contribution in [0.1, 0.15) is 6.92 Å². The maximum absolute atomic E-state index is 5.92. The van der Waals surface area contributed by atoms with Crippen molar-refractivity contribution in [3.63, 3.8) is 0 Å². The van der Waals surface area contributed by atoms with Gasteiger partial charge in [-0.15, -0.1) is 11.3 Å². The topological polar surface area (TPSA) is 30.9 Å². The third-order valence-electron chi connectivity index (χ3n) is 2.85. The number of aromatic nitrogens is 1. The Morgan fingerprint density at radius 2 is 2.06 bits per heavy atom. The van der Waals surface area contributed by atoms with Crippen LogP contribution >= 0.6 is 11.3 Å². The lowest BCUT2D eigenvalue weighted by atomic mass is 10.2. The Hall–Kier alpha value is -1.32. The van der Waals surface area contributed by atoms with Gasteiger partial charge in [-0.2, -0.15) is 0 Å². The summed E-state index contributed by atoms with van der Waals surface area (Å²) in [6, 6.07) is 10.9. The fraction of sp³-hybridized carbons (Fsp3) is 0.231. The van der Waals surface area contributed by atoms with Crippen molar-refractivity contribution in [2.24, 2.45) is 5.73 Å². The predicted molar refractivity (Wildman–Crippen MR) is 71.0 cm³/mol. The fourth-order valence-corrected chi connectivity index (χ4v) is 3.16. The highest BCUT2D eigenvalue weighted by atomic mass is 32.1. The summed E-state index contributed by atoms with van der Waals surface area (Å²) in [6.45, 7) is 2.92. The monoisotopic (exact) mass is 230 g/mol.